The largest absolute Gasteiger partial charge is 0.416 e. The lowest BCUT2D eigenvalue weighted by molar-refractivity contribution is -0.137. The van der Waals surface area contributed by atoms with E-state index in [4.69, 9.17) is 4.98 Å². The number of aromatic nitrogens is 2. The molecule has 2 aromatic rings. The summed E-state index contributed by atoms with van der Waals surface area (Å²) in [4.78, 5) is 28.8. The molecule has 1 aliphatic carbocycles. The molecule has 3 aliphatic rings. The zero-order valence-electron chi connectivity index (χ0n) is 19.7. The molecule has 0 N–H and O–H groups in total. The van der Waals surface area contributed by atoms with Crippen LogP contribution in [-0.4, -0.2) is 71.0 Å². The standard InChI is InChI=1S/C26H30F3N5O/c27-26(28,29)21-7-4-19(5-8-21)6-9-24(35)33-12-10-20-18-30-25(31-23(20)11-13-33)34-16-14-32(15-17-34)22-2-1-3-22/h4-9,18,22H,1-3,10-17H2. The van der Waals surface area contributed by atoms with Gasteiger partial charge in [-0.2, -0.15) is 13.2 Å². The van der Waals surface area contributed by atoms with E-state index in [1.807, 2.05) is 6.20 Å². The number of anilines is 1. The van der Waals surface area contributed by atoms with Gasteiger partial charge < -0.3 is 9.80 Å². The summed E-state index contributed by atoms with van der Waals surface area (Å²) in [5.74, 6) is 0.622. The van der Waals surface area contributed by atoms with Gasteiger partial charge in [-0.05, 0) is 48.6 Å². The first kappa shape index (κ1) is 23.8. The molecule has 2 aliphatic heterocycles. The summed E-state index contributed by atoms with van der Waals surface area (Å²) in [6.07, 6.45) is 5.86. The Morgan fingerprint density at radius 3 is 2.34 bits per heavy atom. The Labute approximate surface area is 203 Å². The van der Waals surface area contributed by atoms with Crippen molar-refractivity contribution in [3.8, 4) is 0 Å². The second kappa shape index (κ2) is 9.97. The minimum atomic E-state index is -4.37. The van der Waals surface area contributed by atoms with E-state index in [0.29, 0.717) is 31.5 Å². The van der Waals surface area contributed by atoms with Crippen LogP contribution in [0.25, 0.3) is 6.08 Å². The maximum Gasteiger partial charge on any atom is 0.416 e. The highest BCUT2D eigenvalue weighted by molar-refractivity contribution is 5.91. The van der Waals surface area contributed by atoms with Crippen LogP contribution < -0.4 is 4.90 Å². The number of piperazine rings is 1. The summed E-state index contributed by atoms with van der Waals surface area (Å²) < 4.78 is 38.2. The average molecular weight is 486 g/mol. The summed E-state index contributed by atoms with van der Waals surface area (Å²) in [5, 5.41) is 0. The van der Waals surface area contributed by atoms with E-state index in [9.17, 15) is 18.0 Å². The van der Waals surface area contributed by atoms with Crippen molar-refractivity contribution in [3.63, 3.8) is 0 Å². The molecule has 0 radical (unpaired) electrons. The maximum absolute atomic E-state index is 12.7. The Bertz CT molecular complexity index is 1070. The zero-order valence-corrected chi connectivity index (χ0v) is 19.7. The summed E-state index contributed by atoms with van der Waals surface area (Å²) in [7, 11) is 0. The SMILES string of the molecule is O=C(C=Cc1ccc(C(F)(F)F)cc1)N1CCc2cnc(N3CCN(C4CCC4)CC3)nc2CC1. The van der Waals surface area contributed by atoms with Crippen LogP contribution in [0.1, 0.15) is 41.6 Å². The van der Waals surface area contributed by atoms with Crippen LogP contribution in [0.15, 0.2) is 36.5 Å². The molecule has 1 saturated carbocycles. The third-order valence-electron chi connectivity index (χ3n) is 7.37. The topological polar surface area (TPSA) is 52.6 Å². The predicted molar refractivity (Wildman–Crippen MR) is 128 cm³/mol. The number of carbonyl (C=O) groups is 1. The van der Waals surface area contributed by atoms with Crippen LogP contribution in [0.2, 0.25) is 0 Å². The molecular weight excluding hydrogens is 455 g/mol. The van der Waals surface area contributed by atoms with Gasteiger partial charge in [0.25, 0.3) is 0 Å². The van der Waals surface area contributed by atoms with Gasteiger partial charge in [-0.1, -0.05) is 18.6 Å². The van der Waals surface area contributed by atoms with E-state index < -0.39 is 11.7 Å². The third kappa shape index (κ3) is 5.50. The number of halogens is 3. The summed E-state index contributed by atoms with van der Waals surface area (Å²) >= 11 is 0. The minimum absolute atomic E-state index is 0.155. The van der Waals surface area contributed by atoms with E-state index >= 15 is 0 Å². The number of nitrogens with zero attached hydrogens (tertiary/aromatic N) is 5. The predicted octanol–water partition coefficient (Wildman–Crippen LogP) is 3.81. The number of benzene rings is 1. The van der Waals surface area contributed by atoms with Crippen molar-refractivity contribution in [1.29, 1.82) is 0 Å². The molecule has 0 spiro atoms. The molecule has 0 bridgehead atoms. The van der Waals surface area contributed by atoms with Crippen LogP contribution in [-0.2, 0) is 23.8 Å². The Morgan fingerprint density at radius 1 is 0.971 bits per heavy atom. The monoisotopic (exact) mass is 485 g/mol. The number of rotatable bonds is 4. The fourth-order valence-electron chi connectivity index (χ4n) is 4.93. The molecule has 35 heavy (non-hydrogen) atoms. The quantitative estimate of drug-likeness (QED) is 0.617. The van der Waals surface area contributed by atoms with Crippen LogP contribution in [0.5, 0.6) is 0 Å². The molecule has 1 aromatic carbocycles. The molecule has 1 aromatic heterocycles. The highest BCUT2D eigenvalue weighted by Gasteiger charge is 2.30. The fourth-order valence-corrected chi connectivity index (χ4v) is 4.93. The average Bonchev–Trinajstić information content (AvgIpc) is 3.04. The van der Waals surface area contributed by atoms with Gasteiger partial charge in [-0.25, -0.2) is 9.97 Å². The van der Waals surface area contributed by atoms with Gasteiger partial charge in [0.2, 0.25) is 11.9 Å². The summed E-state index contributed by atoms with van der Waals surface area (Å²) in [5.41, 5.74) is 1.92. The number of fused-ring (bicyclic) bond motifs is 1. The van der Waals surface area contributed by atoms with Gasteiger partial charge in [0.05, 0.1) is 11.3 Å². The Kier molecular flexibility index (Phi) is 6.77. The molecule has 0 atom stereocenters. The van der Waals surface area contributed by atoms with Gasteiger partial charge in [0.1, 0.15) is 0 Å². The normalized spacial score (nSPS) is 20.0. The molecule has 0 unspecified atom stereocenters. The van der Waals surface area contributed by atoms with Crippen LogP contribution in [0.3, 0.4) is 0 Å². The van der Waals surface area contributed by atoms with E-state index in [2.05, 4.69) is 14.8 Å². The number of hydrogen-bond acceptors (Lipinski definition) is 5. The molecule has 5 rings (SSSR count). The van der Waals surface area contributed by atoms with Gasteiger partial charge in [0, 0.05) is 64.0 Å². The molecule has 9 heteroatoms. The van der Waals surface area contributed by atoms with Gasteiger partial charge in [-0.3, -0.25) is 9.69 Å². The minimum Gasteiger partial charge on any atom is -0.338 e. The Morgan fingerprint density at radius 2 is 1.69 bits per heavy atom. The van der Waals surface area contributed by atoms with Crippen LogP contribution >= 0.6 is 0 Å². The molecule has 2 fully saturated rings. The second-order valence-corrected chi connectivity index (χ2v) is 9.53. The molecule has 6 nitrogen and oxygen atoms in total. The maximum atomic E-state index is 12.7. The lowest BCUT2D eigenvalue weighted by atomic mass is 9.91. The van der Waals surface area contributed by atoms with Crippen molar-refractivity contribution in [1.82, 2.24) is 19.8 Å². The van der Waals surface area contributed by atoms with Crippen molar-refractivity contribution >= 4 is 17.9 Å². The second-order valence-electron chi connectivity index (χ2n) is 9.53. The molecular formula is C26H30F3N5O. The number of amides is 1. The first-order valence-corrected chi connectivity index (χ1v) is 12.3. The van der Waals surface area contributed by atoms with Crippen molar-refractivity contribution in [2.75, 3.05) is 44.2 Å². The van der Waals surface area contributed by atoms with E-state index in [-0.39, 0.29) is 5.91 Å². The van der Waals surface area contributed by atoms with Crippen molar-refractivity contribution in [2.45, 2.75) is 44.3 Å². The van der Waals surface area contributed by atoms with E-state index in [1.165, 1.54) is 37.5 Å². The van der Waals surface area contributed by atoms with E-state index in [1.54, 1.807) is 11.0 Å². The molecule has 186 valence electrons. The number of hydrogen-bond donors (Lipinski definition) is 0. The first-order chi connectivity index (χ1) is 16.9. The van der Waals surface area contributed by atoms with Crippen LogP contribution in [0.4, 0.5) is 19.1 Å². The van der Waals surface area contributed by atoms with Crippen molar-refractivity contribution in [3.05, 3.63) is 58.9 Å². The van der Waals surface area contributed by atoms with E-state index in [0.717, 1.165) is 61.6 Å². The van der Waals surface area contributed by atoms with Gasteiger partial charge in [0.15, 0.2) is 0 Å². The zero-order chi connectivity index (χ0) is 24.4. The van der Waals surface area contributed by atoms with Crippen molar-refractivity contribution < 1.29 is 18.0 Å². The summed E-state index contributed by atoms with van der Waals surface area (Å²) in [6, 6.07) is 5.55. The van der Waals surface area contributed by atoms with Gasteiger partial charge >= 0.3 is 6.18 Å². The highest BCUT2D eigenvalue weighted by Crippen LogP contribution is 2.29. The third-order valence-corrected chi connectivity index (χ3v) is 7.37. The lowest BCUT2D eigenvalue weighted by Gasteiger charge is -2.43. The number of alkyl halides is 3. The number of carbonyl (C=O) groups excluding carboxylic acids is 1. The molecule has 1 amide bonds. The highest BCUT2D eigenvalue weighted by atomic mass is 19.4. The Hall–Kier alpha value is -2.94. The first-order valence-electron chi connectivity index (χ1n) is 12.3. The van der Waals surface area contributed by atoms with Crippen molar-refractivity contribution in [2.24, 2.45) is 0 Å². The van der Waals surface area contributed by atoms with Gasteiger partial charge in [-0.15, -0.1) is 0 Å². The fraction of sp³-hybridized carbons (Fsp3) is 0.500. The lowest BCUT2D eigenvalue weighted by Crippen LogP contribution is -2.52. The summed E-state index contributed by atoms with van der Waals surface area (Å²) in [6.45, 7) is 5.10. The Balaban J connectivity index is 1.17. The van der Waals surface area contributed by atoms with Crippen LogP contribution in [0, 0.1) is 0 Å². The smallest absolute Gasteiger partial charge is 0.338 e. The molecule has 3 heterocycles. The molecule has 1 saturated heterocycles.